The van der Waals surface area contributed by atoms with E-state index in [2.05, 4.69) is 19.2 Å². The summed E-state index contributed by atoms with van der Waals surface area (Å²) >= 11 is 0. The van der Waals surface area contributed by atoms with Crippen LogP contribution in [0.3, 0.4) is 0 Å². The van der Waals surface area contributed by atoms with E-state index in [9.17, 15) is 4.79 Å². The third-order valence-corrected chi connectivity index (χ3v) is 3.26. The van der Waals surface area contributed by atoms with Crippen LogP contribution in [0.1, 0.15) is 20.8 Å². The average Bonchev–Trinajstić information content (AvgIpc) is 1.99. The number of nitrogens with one attached hydrogen (secondary N) is 1. The van der Waals surface area contributed by atoms with Crippen LogP contribution < -0.4 is 5.32 Å². The lowest BCUT2D eigenvalue weighted by atomic mass is 9.78. The van der Waals surface area contributed by atoms with Crippen LogP contribution in [0.25, 0.3) is 0 Å². The summed E-state index contributed by atoms with van der Waals surface area (Å²) in [6, 6.07) is 0. The van der Waals surface area contributed by atoms with E-state index in [0.717, 1.165) is 19.6 Å². The number of carbonyl (C=O) groups excluding carboxylic acids is 1. The van der Waals surface area contributed by atoms with Gasteiger partial charge in [-0.05, 0) is 31.3 Å². The lowest BCUT2D eigenvalue weighted by Crippen LogP contribution is -2.54. The molecule has 0 bridgehead atoms. The molecule has 0 spiro atoms. The molecule has 1 aliphatic heterocycles. The SMILES string of the molecule is CNCC(C(C)C)C1CN(C(C)=O)C1. The quantitative estimate of drug-likeness (QED) is 0.729. The number of hydrogen-bond acceptors (Lipinski definition) is 2. The van der Waals surface area contributed by atoms with Crippen molar-refractivity contribution in [3.8, 4) is 0 Å². The Bertz CT molecular complexity index is 197. The van der Waals surface area contributed by atoms with Crippen LogP contribution in [0, 0.1) is 17.8 Å². The van der Waals surface area contributed by atoms with Crippen LogP contribution in [0.4, 0.5) is 0 Å². The minimum absolute atomic E-state index is 0.216. The zero-order chi connectivity index (χ0) is 10.7. The predicted octanol–water partition coefficient (Wildman–Crippen LogP) is 0.956. The van der Waals surface area contributed by atoms with Crippen molar-refractivity contribution >= 4 is 5.91 Å². The maximum atomic E-state index is 11.0. The fraction of sp³-hybridized carbons (Fsp3) is 0.909. The molecule has 1 unspecified atom stereocenters. The lowest BCUT2D eigenvalue weighted by molar-refractivity contribution is -0.136. The molecule has 0 aromatic heterocycles. The van der Waals surface area contributed by atoms with Crippen molar-refractivity contribution in [1.82, 2.24) is 10.2 Å². The first-order valence-corrected chi connectivity index (χ1v) is 5.46. The Morgan fingerprint density at radius 2 is 2.07 bits per heavy atom. The number of hydrogen-bond donors (Lipinski definition) is 1. The molecular formula is C11H22N2O. The molecule has 1 fully saturated rings. The van der Waals surface area contributed by atoms with Crippen LogP contribution in [0.5, 0.6) is 0 Å². The Balaban J connectivity index is 2.38. The zero-order valence-electron chi connectivity index (χ0n) is 9.71. The van der Waals surface area contributed by atoms with Gasteiger partial charge in [-0.2, -0.15) is 0 Å². The van der Waals surface area contributed by atoms with Crippen LogP contribution in [0.2, 0.25) is 0 Å². The van der Waals surface area contributed by atoms with Crippen LogP contribution in [-0.2, 0) is 4.79 Å². The van der Waals surface area contributed by atoms with Crippen LogP contribution in [-0.4, -0.2) is 37.5 Å². The highest BCUT2D eigenvalue weighted by Crippen LogP contribution is 2.28. The van der Waals surface area contributed by atoms with E-state index < -0.39 is 0 Å². The molecule has 0 aromatic rings. The third-order valence-electron chi connectivity index (χ3n) is 3.26. The Labute approximate surface area is 86.9 Å². The molecule has 0 saturated carbocycles. The van der Waals surface area contributed by atoms with Gasteiger partial charge in [-0.3, -0.25) is 4.79 Å². The van der Waals surface area contributed by atoms with Crippen molar-refractivity contribution in [2.24, 2.45) is 17.8 Å². The summed E-state index contributed by atoms with van der Waals surface area (Å²) in [5.41, 5.74) is 0. The average molecular weight is 198 g/mol. The van der Waals surface area contributed by atoms with E-state index in [0.29, 0.717) is 17.8 Å². The van der Waals surface area contributed by atoms with Gasteiger partial charge >= 0.3 is 0 Å². The third kappa shape index (κ3) is 2.47. The number of nitrogens with zero attached hydrogens (tertiary/aromatic N) is 1. The molecule has 1 N–H and O–H groups in total. The molecule has 1 saturated heterocycles. The van der Waals surface area contributed by atoms with Crippen molar-refractivity contribution in [3.63, 3.8) is 0 Å². The summed E-state index contributed by atoms with van der Waals surface area (Å²) in [7, 11) is 2.00. The van der Waals surface area contributed by atoms with Crippen molar-refractivity contribution in [3.05, 3.63) is 0 Å². The Morgan fingerprint density at radius 3 is 2.43 bits per heavy atom. The van der Waals surface area contributed by atoms with Gasteiger partial charge in [0.1, 0.15) is 0 Å². The summed E-state index contributed by atoms with van der Waals surface area (Å²) < 4.78 is 0. The van der Waals surface area contributed by atoms with Gasteiger partial charge in [0.05, 0.1) is 0 Å². The van der Waals surface area contributed by atoms with Crippen LogP contribution >= 0.6 is 0 Å². The zero-order valence-corrected chi connectivity index (χ0v) is 9.71. The summed E-state index contributed by atoms with van der Waals surface area (Å²) in [4.78, 5) is 13.0. The van der Waals surface area contributed by atoms with Gasteiger partial charge in [0.25, 0.3) is 0 Å². The van der Waals surface area contributed by atoms with E-state index in [1.54, 1.807) is 6.92 Å². The number of carbonyl (C=O) groups is 1. The molecule has 1 atom stereocenters. The molecule has 0 aromatic carbocycles. The largest absolute Gasteiger partial charge is 0.342 e. The van der Waals surface area contributed by atoms with E-state index in [4.69, 9.17) is 0 Å². The topological polar surface area (TPSA) is 32.3 Å². The Kier molecular flexibility index (Phi) is 3.93. The minimum atomic E-state index is 0.216. The van der Waals surface area contributed by atoms with Crippen LogP contribution in [0.15, 0.2) is 0 Å². The molecule has 14 heavy (non-hydrogen) atoms. The molecule has 0 aliphatic carbocycles. The number of amides is 1. The summed E-state index contributed by atoms with van der Waals surface area (Å²) in [5.74, 6) is 2.32. The molecule has 1 aliphatic rings. The summed E-state index contributed by atoms with van der Waals surface area (Å²) in [6.07, 6.45) is 0. The molecule has 1 rings (SSSR count). The van der Waals surface area contributed by atoms with Crippen molar-refractivity contribution in [1.29, 1.82) is 0 Å². The molecule has 3 heteroatoms. The van der Waals surface area contributed by atoms with E-state index in [1.165, 1.54) is 0 Å². The summed E-state index contributed by atoms with van der Waals surface area (Å²) in [5, 5.41) is 3.24. The van der Waals surface area contributed by atoms with Gasteiger partial charge in [0.2, 0.25) is 5.91 Å². The number of rotatable bonds is 4. The second-order valence-electron chi connectivity index (χ2n) is 4.65. The lowest BCUT2D eigenvalue weighted by Gasteiger charge is -2.44. The minimum Gasteiger partial charge on any atom is -0.342 e. The molecule has 82 valence electrons. The first-order chi connectivity index (χ1) is 6.56. The highest BCUT2D eigenvalue weighted by Gasteiger charge is 2.35. The normalized spacial score (nSPS) is 19.6. The van der Waals surface area contributed by atoms with Crippen molar-refractivity contribution in [2.75, 3.05) is 26.7 Å². The molecule has 1 heterocycles. The standard InChI is InChI=1S/C11H22N2O/c1-8(2)11(5-12-4)10-6-13(7-10)9(3)14/h8,10-12H,5-7H2,1-4H3. The fourth-order valence-electron chi connectivity index (χ4n) is 2.22. The van der Waals surface area contributed by atoms with Crippen molar-refractivity contribution in [2.45, 2.75) is 20.8 Å². The Morgan fingerprint density at radius 1 is 1.50 bits per heavy atom. The smallest absolute Gasteiger partial charge is 0.219 e. The van der Waals surface area contributed by atoms with Gasteiger partial charge in [0.15, 0.2) is 0 Å². The van der Waals surface area contributed by atoms with Gasteiger partial charge in [-0.1, -0.05) is 13.8 Å². The van der Waals surface area contributed by atoms with Gasteiger partial charge in [-0.25, -0.2) is 0 Å². The maximum Gasteiger partial charge on any atom is 0.219 e. The van der Waals surface area contributed by atoms with E-state index in [1.807, 2.05) is 11.9 Å². The fourth-order valence-corrected chi connectivity index (χ4v) is 2.22. The second-order valence-corrected chi connectivity index (χ2v) is 4.65. The van der Waals surface area contributed by atoms with Crippen molar-refractivity contribution < 1.29 is 4.79 Å². The van der Waals surface area contributed by atoms with E-state index >= 15 is 0 Å². The van der Waals surface area contributed by atoms with Gasteiger partial charge in [-0.15, -0.1) is 0 Å². The second kappa shape index (κ2) is 4.78. The van der Waals surface area contributed by atoms with E-state index in [-0.39, 0.29) is 5.91 Å². The number of likely N-dealkylation sites (tertiary alicyclic amines) is 1. The van der Waals surface area contributed by atoms with Gasteiger partial charge in [0, 0.05) is 20.0 Å². The monoisotopic (exact) mass is 198 g/mol. The summed E-state index contributed by atoms with van der Waals surface area (Å²) in [6.45, 7) is 9.16. The van der Waals surface area contributed by atoms with Gasteiger partial charge < -0.3 is 10.2 Å². The Hall–Kier alpha value is -0.570. The highest BCUT2D eigenvalue weighted by atomic mass is 16.2. The highest BCUT2D eigenvalue weighted by molar-refractivity contribution is 5.74. The maximum absolute atomic E-state index is 11.0. The predicted molar refractivity (Wildman–Crippen MR) is 58.0 cm³/mol. The molecular weight excluding hydrogens is 176 g/mol. The molecule has 0 radical (unpaired) electrons. The first-order valence-electron chi connectivity index (χ1n) is 5.46. The first kappa shape index (κ1) is 11.5. The molecule has 3 nitrogen and oxygen atoms in total. The molecule has 1 amide bonds.